The molecule has 0 fully saturated rings. The first-order valence-electron chi connectivity index (χ1n) is 12.2. The van der Waals surface area contributed by atoms with Gasteiger partial charge in [0.1, 0.15) is 0 Å². The van der Waals surface area contributed by atoms with Crippen LogP contribution >= 0.6 is 0 Å². The van der Waals surface area contributed by atoms with Crippen molar-refractivity contribution in [3.05, 3.63) is 0 Å². The second-order valence-corrected chi connectivity index (χ2v) is 8.47. The van der Waals surface area contributed by atoms with Gasteiger partial charge in [0, 0.05) is 21.1 Å². The monoisotopic (exact) mass is 598 g/mol. The Morgan fingerprint density at radius 3 is 0.452 bits per heavy atom. The maximum absolute atomic E-state index is 2.31. The van der Waals surface area contributed by atoms with Crippen LogP contribution in [0.1, 0.15) is 107 Å². The summed E-state index contributed by atoms with van der Waals surface area (Å²) >= 11 is 0. The summed E-state index contributed by atoms with van der Waals surface area (Å²) in [6, 6.07) is 0. The Balaban J connectivity index is -0.0000000640. The van der Waals surface area contributed by atoms with E-state index in [0.717, 1.165) is 0 Å². The molecule has 0 rings (SSSR count). The van der Waals surface area contributed by atoms with E-state index < -0.39 is 0 Å². The van der Waals surface area contributed by atoms with E-state index in [9.17, 15) is 0 Å². The summed E-state index contributed by atoms with van der Waals surface area (Å²) in [5.41, 5.74) is 0. The summed E-state index contributed by atoms with van der Waals surface area (Å²) in [7, 11) is 0. The number of rotatable bonds is 16. The number of hydrogen-bond acceptors (Lipinski definition) is 0. The molecule has 0 aliphatic rings. The van der Waals surface area contributed by atoms with Crippen molar-refractivity contribution in [1.29, 1.82) is 0 Å². The average molecular weight is 597 g/mol. The van der Waals surface area contributed by atoms with Crippen LogP contribution < -0.4 is 0 Å². The van der Waals surface area contributed by atoms with Gasteiger partial charge in [0.05, 0.1) is 52.4 Å². The van der Waals surface area contributed by atoms with E-state index in [1.54, 1.807) is 0 Å². The molecule has 7 heteroatoms. The standard InChI is InChI=1S/2C12H28N.Mo.4S/c2*1-5-9-13(10-6-2,11-7-3)12-8-4;;;;;/h2*5-12H2,1-4H3;;;;;/q2*+1;;4*-2. The average Bonchev–Trinajstić information content (AvgIpc) is 2.57. The van der Waals surface area contributed by atoms with E-state index >= 15 is 0 Å². The second-order valence-electron chi connectivity index (χ2n) is 8.47. The molecule has 0 saturated carbocycles. The molecule has 31 heavy (non-hydrogen) atoms. The zero-order chi connectivity index (χ0) is 20.3. The fourth-order valence-corrected chi connectivity index (χ4v) is 5.14. The van der Waals surface area contributed by atoms with Crippen LogP contribution in [0.25, 0.3) is 0 Å². The van der Waals surface area contributed by atoms with Crippen LogP contribution in [0.5, 0.6) is 0 Å². The maximum atomic E-state index is 2.31. The smallest absolute Gasteiger partial charge is 0.0783 e. The molecule has 2 nitrogen and oxygen atoms in total. The summed E-state index contributed by atoms with van der Waals surface area (Å²) in [5.74, 6) is 0. The van der Waals surface area contributed by atoms with Gasteiger partial charge in [-0.1, -0.05) is 55.4 Å². The molecule has 0 aliphatic heterocycles. The molecule has 198 valence electrons. The normalized spacial score (nSPS) is 10.1. The molecule has 0 radical (unpaired) electrons. The van der Waals surface area contributed by atoms with E-state index in [2.05, 4.69) is 55.4 Å². The zero-order valence-electron chi connectivity index (χ0n) is 22.2. The molecular formula is C24H56MoN2S4-6. The van der Waals surface area contributed by atoms with Crippen LogP contribution in [0.3, 0.4) is 0 Å². The molecule has 0 unspecified atom stereocenters. The summed E-state index contributed by atoms with van der Waals surface area (Å²) in [4.78, 5) is 0. The minimum atomic E-state index is 0. The van der Waals surface area contributed by atoms with Crippen LogP contribution in [0, 0.1) is 0 Å². The fraction of sp³-hybridized carbons (Fsp3) is 1.00. The van der Waals surface area contributed by atoms with Crippen molar-refractivity contribution in [3.8, 4) is 0 Å². The number of quaternary nitrogens is 2. The van der Waals surface area contributed by atoms with Crippen LogP contribution in [0.2, 0.25) is 0 Å². The third kappa shape index (κ3) is 24.9. The van der Waals surface area contributed by atoms with E-state index in [0.29, 0.717) is 0 Å². The molecule has 0 aromatic carbocycles. The Labute approximate surface area is 241 Å². The van der Waals surface area contributed by atoms with Gasteiger partial charge in [0.15, 0.2) is 0 Å². The van der Waals surface area contributed by atoms with Crippen LogP contribution in [-0.2, 0) is 75.0 Å². The van der Waals surface area contributed by atoms with Gasteiger partial charge < -0.3 is 62.9 Å². The second kappa shape index (κ2) is 34.2. The zero-order valence-corrected chi connectivity index (χ0v) is 27.5. The molecule has 0 aromatic heterocycles. The third-order valence-electron chi connectivity index (χ3n) is 5.58. The first kappa shape index (κ1) is 50.0. The van der Waals surface area contributed by atoms with Gasteiger partial charge in [-0.25, -0.2) is 0 Å². The summed E-state index contributed by atoms with van der Waals surface area (Å²) in [6.45, 7) is 29.6. The van der Waals surface area contributed by atoms with E-state index in [-0.39, 0.29) is 75.0 Å². The van der Waals surface area contributed by atoms with Crippen molar-refractivity contribution < 1.29 is 30.0 Å². The minimum absolute atomic E-state index is 0. The van der Waals surface area contributed by atoms with E-state index in [1.807, 2.05) is 0 Å². The molecule has 0 aliphatic carbocycles. The summed E-state index contributed by atoms with van der Waals surface area (Å²) in [6.07, 6.45) is 10.7. The van der Waals surface area contributed by atoms with Crippen molar-refractivity contribution in [2.75, 3.05) is 52.4 Å². The maximum Gasteiger partial charge on any atom is 0.0783 e. The van der Waals surface area contributed by atoms with Crippen molar-refractivity contribution in [1.82, 2.24) is 0 Å². The van der Waals surface area contributed by atoms with Gasteiger partial charge >= 0.3 is 0 Å². The van der Waals surface area contributed by atoms with E-state index in [1.165, 1.54) is 113 Å². The predicted octanol–water partition coefficient (Wildman–Crippen LogP) is 6.87. The first-order chi connectivity index (χ1) is 12.5. The van der Waals surface area contributed by atoms with Gasteiger partial charge in [-0.3, -0.25) is 0 Å². The number of nitrogens with zero attached hydrogens (tertiary/aromatic N) is 2. The molecule has 0 bridgehead atoms. The van der Waals surface area contributed by atoms with Gasteiger partial charge in [0.2, 0.25) is 0 Å². The Morgan fingerprint density at radius 2 is 0.387 bits per heavy atom. The quantitative estimate of drug-likeness (QED) is 0.135. The number of hydrogen-bond donors (Lipinski definition) is 0. The summed E-state index contributed by atoms with van der Waals surface area (Å²) in [5, 5.41) is 0. The molecule has 0 N–H and O–H groups in total. The van der Waals surface area contributed by atoms with E-state index in [4.69, 9.17) is 0 Å². The van der Waals surface area contributed by atoms with Crippen molar-refractivity contribution in [2.24, 2.45) is 0 Å². The minimum Gasteiger partial charge on any atom is -2.00 e. The van der Waals surface area contributed by atoms with Crippen molar-refractivity contribution in [3.63, 3.8) is 0 Å². The molecule has 0 spiro atoms. The van der Waals surface area contributed by atoms with Crippen LogP contribution in [-0.4, -0.2) is 61.3 Å². The Kier molecular flexibility index (Phi) is 55.1. The summed E-state index contributed by atoms with van der Waals surface area (Å²) < 4.78 is 2.75. The van der Waals surface area contributed by atoms with Gasteiger partial charge in [-0.2, -0.15) is 0 Å². The molecular weight excluding hydrogens is 540 g/mol. The Bertz CT molecular complexity index is 212. The SMILES string of the molecule is CCC[N+](CCC)(CCC)CCC.CCC[N+](CCC)(CCC)CCC.[Mo].[S-2].[S-2].[S-2].[S-2]. The van der Waals surface area contributed by atoms with Gasteiger partial charge in [-0.05, 0) is 51.4 Å². The molecule has 0 saturated heterocycles. The molecule has 0 aromatic rings. The fourth-order valence-electron chi connectivity index (χ4n) is 5.14. The van der Waals surface area contributed by atoms with Crippen LogP contribution in [0.4, 0.5) is 0 Å². The van der Waals surface area contributed by atoms with Gasteiger partial charge in [-0.15, -0.1) is 0 Å². The third-order valence-corrected chi connectivity index (χ3v) is 5.58. The largest absolute Gasteiger partial charge is 2.00 e. The molecule has 0 amide bonds. The van der Waals surface area contributed by atoms with Gasteiger partial charge in [0.25, 0.3) is 0 Å². The predicted molar refractivity (Wildman–Crippen MR) is 151 cm³/mol. The molecule has 0 atom stereocenters. The first-order valence-corrected chi connectivity index (χ1v) is 12.2. The van der Waals surface area contributed by atoms with Crippen molar-refractivity contribution in [2.45, 2.75) is 107 Å². The topological polar surface area (TPSA) is 0 Å². The Hall–Kier alpha value is 2.01. The van der Waals surface area contributed by atoms with Crippen LogP contribution in [0.15, 0.2) is 0 Å². The van der Waals surface area contributed by atoms with Crippen molar-refractivity contribution >= 4 is 54.0 Å². The Morgan fingerprint density at radius 1 is 0.290 bits per heavy atom. The molecule has 0 heterocycles.